The number of benzene rings is 2. The number of hydrogen-bond acceptors (Lipinski definition) is 3. The smallest absolute Gasteiger partial charge is 0.257 e. The molecule has 0 radical (unpaired) electrons. The SMILES string of the molecule is COc1ccccc1C(=O)N1CCCCC[C@H]2N[C@H](Cc3ccccc3)C[C@@H]21. The van der Waals surface area contributed by atoms with Gasteiger partial charge in [-0.05, 0) is 43.4 Å². The van der Waals surface area contributed by atoms with Crippen molar-refractivity contribution in [1.82, 2.24) is 10.2 Å². The summed E-state index contributed by atoms with van der Waals surface area (Å²) in [6.45, 7) is 0.831. The first-order chi connectivity index (χ1) is 13.8. The maximum Gasteiger partial charge on any atom is 0.257 e. The van der Waals surface area contributed by atoms with Gasteiger partial charge in [0.2, 0.25) is 0 Å². The van der Waals surface area contributed by atoms with Crippen LogP contribution in [-0.4, -0.2) is 42.6 Å². The summed E-state index contributed by atoms with van der Waals surface area (Å²) in [5, 5.41) is 3.85. The van der Waals surface area contributed by atoms with Crippen molar-refractivity contribution in [3.05, 3.63) is 65.7 Å². The number of ether oxygens (including phenoxy) is 1. The van der Waals surface area contributed by atoms with Gasteiger partial charge >= 0.3 is 0 Å². The first kappa shape index (κ1) is 19.0. The number of methoxy groups -OCH3 is 1. The number of carbonyl (C=O) groups excluding carboxylic acids is 1. The van der Waals surface area contributed by atoms with Gasteiger partial charge in [-0.1, -0.05) is 55.3 Å². The maximum absolute atomic E-state index is 13.5. The molecule has 0 unspecified atom stereocenters. The third-order valence-electron chi connectivity index (χ3n) is 6.18. The molecule has 2 aliphatic rings. The standard InChI is InChI=1S/C24H30N2O2/c1-28-23-14-8-7-12-20(23)24(27)26-15-9-3-6-13-21-22(26)17-19(25-21)16-18-10-4-2-5-11-18/h2,4-5,7-8,10-12,14,19,21-22,25H,3,6,9,13,15-17H2,1H3/t19-,21-,22+/m1/s1. The quantitative estimate of drug-likeness (QED) is 0.873. The Morgan fingerprint density at radius 1 is 1.07 bits per heavy atom. The van der Waals surface area contributed by atoms with Crippen LogP contribution in [0.4, 0.5) is 0 Å². The predicted octanol–water partition coefficient (Wildman–Crippen LogP) is 4.05. The van der Waals surface area contributed by atoms with E-state index in [1.807, 2.05) is 24.3 Å². The van der Waals surface area contributed by atoms with Crippen molar-refractivity contribution < 1.29 is 9.53 Å². The van der Waals surface area contributed by atoms with Crippen LogP contribution in [0.25, 0.3) is 0 Å². The summed E-state index contributed by atoms with van der Waals surface area (Å²) in [5.41, 5.74) is 2.03. The van der Waals surface area contributed by atoms with Crippen LogP contribution in [0, 0.1) is 0 Å². The molecule has 2 heterocycles. The minimum absolute atomic E-state index is 0.108. The largest absolute Gasteiger partial charge is 0.496 e. The second-order valence-corrected chi connectivity index (χ2v) is 8.01. The first-order valence-corrected chi connectivity index (χ1v) is 10.5. The summed E-state index contributed by atoms with van der Waals surface area (Å²) in [6.07, 6.45) is 6.68. The lowest BCUT2D eigenvalue weighted by Gasteiger charge is -2.35. The van der Waals surface area contributed by atoms with Gasteiger partial charge in [0.05, 0.1) is 12.7 Å². The second kappa shape index (κ2) is 8.78. The van der Waals surface area contributed by atoms with Gasteiger partial charge in [0.15, 0.2) is 0 Å². The third kappa shape index (κ3) is 4.07. The molecule has 2 aliphatic heterocycles. The molecule has 1 amide bonds. The number of para-hydroxylation sites is 1. The molecule has 148 valence electrons. The van der Waals surface area contributed by atoms with Crippen LogP contribution < -0.4 is 10.1 Å². The Balaban J connectivity index is 1.55. The van der Waals surface area contributed by atoms with Gasteiger partial charge in [0.1, 0.15) is 5.75 Å². The molecule has 0 spiro atoms. The number of hydrogen-bond donors (Lipinski definition) is 1. The molecule has 2 aromatic carbocycles. The number of fused-ring (bicyclic) bond motifs is 1. The Morgan fingerprint density at radius 3 is 2.68 bits per heavy atom. The van der Waals surface area contributed by atoms with Crippen LogP contribution in [0.15, 0.2) is 54.6 Å². The maximum atomic E-state index is 13.5. The Labute approximate surface area is 167 Å². The van der Waals surface area contributed by atoms with Crippen molar-refractivity contribution in [2.24, 2.45) is 0 Å². The highest BCUT2D eigenvalue weighted by molar-refractivity contribution is 5.97. The molecule has 2 aromatic rings. The summed E-state index contributed by atoms with van der Waals surface area (Å²) in [7, 11) is 1.63. The highest BCUT2D eigenvalue weighted by Gasteiger charge is 2.40. The summed E-state index contributed by atoms with van der Waals surface area (Å²) >= 11 is 0. The van der Waals surface area contributed by atoms with Crippen molar-refractivity contribution in [2.45, 2.75) is 56.7 Å². The molecule has 4 nitrogen and oxygen atoms in total. The lowest BCUT2D eigenvalue weighted by molar-refractivity contribution is 0.0635. The summed E-state index contributed by atoms with van der Waals surface area (Å²) in [6, 6.07) is 19.3. The molecule has 2 saturated heterocycles. The fraction of sp³-hybridized carbons (Fsp3) is 0.458. The van der Waals surface area contributed by atoms with Gasteiger partial charge in [-0.2, -0.15) is 0 Å². The molecule has 0 aromatic heterocycles. The van der Waals surface area contributed by atoms with E-state index in [4.69, 9.17) is 4.74 Å². The van der Waals surface area contributed by atoms with Crippen molar-refractivity contribution >= 4 is 5.91 Å². The van der Waals surface area contributed by atoms with Crippen LogP contribution in [0.2, 0.25) is 0 Å². The number of rotatable bonds is 4. The molecule has 4 rings (SSSR count). The third-order valence-corrected chi connectivity index (χ3v) is 6.18. The van der Waals surface area contributed by atoms with Crippen molar-refractivity contribution in [3.63, 3.8) is 0 Å². The van der Waals surface area contributed by atoms with E-state index in [1.54, 1.807) is 7.11 Å². The average Bonchev–Trinajstić information content (AvgIpc) is 3.10. The fourth-order valence-electron chi connectivity index (χ4n) is 4.82. The van der Waals surface area contributed by atoms with E-state index in [0.717, 1.165) is 32.2 Å². The van der Waals surface area contributed by atoms with Gasteiger partial charge in [0, 0.05) is 24.7 Å². The van der Waals surface area contributed by atoms with Crippen LogP contribution in [0.3, 0.4) is 0 Å². The summed E-state index contributed by atoms with van der Waals surface area (Å²) in [5.74, 6) is 0.773. The topological polar surface area (TPSA) is 41.6 Å². The number of likely N-dealkylation sites (tertiary alicyclic amines) is 1. The first-order valence-electron chi connectivity index (χ1n) is 10.5. The number of nitrogens with zero attached hydrogens (tertiary/aromatic N) is 1. The molecule has 28 heavy (non-hydrogen) atoms. The fourth-order valence-corrected chi connectivity index (χ4v) is 4.82. The molecule has 3 atom stereocenters. The molecule has 1 N–H and O–H groups in total. The van der Waals surface area contributed by atoms with Gasteiger partial charge < -0.3 is 15.0 Å². The Bertz CT molecular complexity index is 792. The van der Waals surface area contributed by atoms with Crippen molar-refractivity contribution in [3.8, 4) is 5.75 Å². The normalized spacial score (nSPS) is 24.9. The monoisotopic (exact) mass is 378 g/mol. The molecule has 2 fully saturated rings. The van der Waals surface area contributed by atoms with Crippen LogP contribution in [0.1, 0.15) is 48.0 Å². The molecule has 4 heteroatoms. The Kier molecular flexibility index (Phi) is 5.96. The molecular formula is C24H30N2O2. The Morgan fingerprint density at radius 2 is 1.86 bits per heavy atom. The number of carbonyl (C=O) groups is 1. The van der Waals surface area contributed by atoms with E-state index in [0.29, 0.717) is 23.4 Å². The van der Waals surface area contributed by atoms with Gasteiger partial charge in [-0.3, -0.25) is 4.79 Å². The van der Waals surface area contributed by atoms with E-state index in [2.05, 4.69) is 40.5 Å². The lowest BCUT2D eigenvalue weighted by Crippen LogP contribution is -2.48. The van der Waals surface area contributed by atoms with Crippen LogP contribution in [-0.2, 0) is 6.42 Å². The second-order valence-electron chi connectivity index (χ2n) is 8.01. The zero-order valence-corrected chi connectivity index (χ0v) is 16.6. The number of amides is 1. The molecule has 0 saturated carbocycles. The van der Waals surface area contributed by atoms with E-state index in [9.17, 15) is 4.79 Å². The van der Waals surface area contributed by atoms with Crippen LogP contribution >= 0.6 is 0 Å². The van der Waals surface area contributed by atoms with Crippen LogP contribution in [0.5, 0.6) is 5.75 Å². The lowest BCUT2D eigenvalue weighted by atomic mass is 9.95. The average molecular weight is 379 g/mol. The van der Waals surface area contributed by atoms with Crippen molar-refractivity contribution in [1.29, 1.82) is 0 Å². The molecule has 0 aliphatic carbocycles. The molecular weight excluding hydrogens is 348 g/mol. The van der Waals surface area contributed by atoms with E-state index in [-0.39, 0.29) is 11.9 Å². The minimum Gasteiger partial charge on any atom is -0.496 e. The highest BCUT2D eigenvalue weighted by Crippen LogP contribution is 2.30. The van der Waals surface area contributed by atoms with Gasteiger partial charge in [-0.25, -0.2) is 0 Å². The predicted molar refractivity (Wildman–Crippen MR) is 112 cm³/mol. The van der Waals surface area contributed by atoms with Gasteiger partial charge in [0.25, 0.3) is 5.91 Å². The number of nitrogens with one attached hydrogen (secondary N) is 1. The zero-order chi connectivity index (χ0) is 19.3. The van der Waals surface area contributed by atoms with Gasteiger partial charge in [-0.15, -0.1) is 0 Å². The zero-order valence-electron chi connectivity index (χ0n) is 16.6. The Hall–Kier alpha value is -2.33. The minimum atomic E-state index is 0.108. The van der Waals surface area contributed by atoms with E-state index < -0.39 is 0 Å². The highest BCUT2D eigenvalue weighted by atomic mass is 16.5. The summed E-state index contributed by atoms with van der Waals surface area (Å²) < 4.78 is 5.46. The van der Waals surface area contributed by atoms with E-state index >= 15 is 0 Å². The summed E-state index contributed by atoms with van der Waals surface area (Å²) in [4.78, 5) is 15.6. The van der Waals surface area contributed by atoms with E-state index in [1.165, 1.54) is 18.4 Å². The molecule has 0 bridgehead atoms. The van der Waals surface area contributed by atoms with Crippen molar-refractivity contribution in [2.75, 3.05) is 13.7 Å².